The Kier molecular flexibility index (Phi) is 8.60. The van der Waals surface area contributed by atoms with Gasteiger partial charge in [0.15, 0.2) is 0 Å². The fourth-order valence-electron chi connectivity index (χ4n) is 4.59. The van der Waals surface area contributed by atoms with E-state index in [0.717, 1.165) is 43.2 Å². The molecule has 1 aliphatic carbocycles. The van der Waals surface area contributed by atoms with E-state index in [-0.39, 0.29) is 23.4 Å². The molecule has 0 heterocycles. The van der Waals surface area contributed by atoms with E-state index >= 15 is 0 Å². The van der Waals surface area contributed by atoms with Crippen molar-refractivity contribution in [2.45, 2.75) is 56.1 Å². The van der Waals surface area contributed by atoms with Gasteiger partial charge in [-0.1, -0.05) is 91.5 Å². The molecule has 0 bridgehead atoms. The van der Waals surface area contributed by atoms with Gasteiger partial charge in [-0.05, 0) is 48.2 Å². The first-order valence-electron chi connectivity index (χ1n) is 12.1. The number of amides is 1. The second kappa shape index (κ2) is 11.8. The van der Waals surface area contributed by atoms with E-state index in [1.165, 1.54) is 16.4 Å². The topological polar surface area (TPSA) is 57.7 Å². The van der Waals surface area contributed by atoms with Gasteiger partial charge in [0.1, 0.15) is 0 Å². The number of hydrogen-bond acceptors (Lipinski definition) is 3. The Hall–Kier alpha value is -2.67. The van der Waals surface area contributed by atoms with Crippen molar-refractivity contribution in [3.8, 4) is 0 Å². The number of carbonyl (C=O) groups excluding carboxylic acids is 1. The monoisotopic (exact) mass is 510 g/mol. The summed E-state index contributed by atoms with van der Waals surface area (Å²) in [6.07, 6.45) is 4.54. The summed E-state index contributed by atoms with van der Waals surface area (Å²) in [5.74, 6) is -0.208. The van der Waals surface area contributed by atoms with Crippen LogP contribution in [0.2, 0.25) is 5.02 Å². The average Bonchev–Trinajstić information content (AvgIpc) is 2.88. The molecule has 0 aromatic heterocycles. The van der Waals surface area contributed by atoms with Gasteiger partial charge in [-0.15, -0.1) is 0 Å². The van der Waals surface area contributed by atoms with Crippen LogP contribution in [0.4, 0.5) is 0 Å². The molecule has 1 fully saturated rings. The number of nitrogens with zero attached hydrogens (tertiary/aromatic N) is 2. The lowest BCUT2D eigenvalue weighted by molar-refractivity contribution is -0.133. The summed E-state index contributed by atoms with van der Waals surface area (Å²) in [7, 11) is -3.86. The third kappa shape index (κ3) is 6.72. The molecule has 35 heavy (non-hydrogen) atoms. The Morgan fingerprint density at radius 3 is 1.80 bits per heavy atom. The van der Waals surface area contributed by atoms with Crippen LogP contribution in [0.1, 0.15) is 43.2 Å². The largest absolute Gasteiger partial charge is 0.333 e. The predicted molar refractivity (Wildman–Crippen MR) is 139 cm³/mol. The SMILES string of the molecule is O=C(CN(C1CCCCC1)S(=O)(=O)c1ccc(Cl)cc1)N(Cc1ccccc1)Cc1ccccc1. The van der Waals surface area contributed by atoms with Crippen molar-refractivity contribution in [3.05, 3.63) is 101 Å². The van der Waals surface area contributed by atoms with E-state index in [1.54, 1.807) is 17.0 Å². The molecule has 7 heteroatoms. The van der Waals surface area contributed by atoms with Crippen molar-refractivity contribution < 1.29 is 13.2 Å². The van der Waals surface area contributed by atoms with E-state index in [2.05, 4.69) is 0 Å². The van der Waals surface area contributed by atoms with Gasteiger partial charge in [0.05, 0.1) is 11.4 Å². The van der Waals surface area contributed by atoms with Crippen molar-refractivity contribution in [1.29, 1.82) is 0 Å². The minimum Gasteiger partial charge on any atom is -0.333 e. The number of hydrogen-bond donors (Lipinski definition) is 0. The lowest BCUT2D eigenvalue weighted by atomic mass is 9.95. The van der Waals surface area contributed by atoms with Gasteiger partial charge in [0.25, 0.3) is 0 Å². The molecule has 184 valence electrons. The Morgan fingerprint density at radius 1 is 0.771 bits per heavy atom. The van der Waals surface area contributed by atoms with Crippen LogP contribution in [0.25, 0.3) is 0 Å². The molecule has 5 nitrogen and oxygen atoms in total. The highest BCUT2D eigenvalue weighted by atomic mass is 35.5. The quantitative estimate of drug-likeness (QED) is 0.360. The summed E-state index contributed by atoms with van der Waals surface area (Å²) in [5.41, 5.74) is 2.00. The van der Waals surface area contributed by atoms with Crippen molar-refractivity contribution in [3.63, 3.8) is 0 Å². The zero-order valence-electron chi connectivity index (χ0n) is 19.7. The molecule has 1 amide bonds. The lowest BCUT2D eigenvalue weighted by Gasteiger charge is -2.34. The standard InChI is InChI=1S/C28H31ClN2O3S/c29-25-16-18-27(19-17-25)35(33,34)31(26-14-8-3-9-15-26)22-28(32)30(20-23-10-4-1-5-11-23)21-24-12-6-2-7-13-24/h1-2,4-7,10-13,16-19,26H,3,8-9,14-15,20-22H2. The molecule has 0 radical (unpaired) electrons. The molecule has 3 aromatic rings. The number of benzene rings is 3. The van der Waals surface area contributed by atoms with E-state index < -0.39 is 10.0 Å². The summed E-state index contributed by atoms with van der Waals surface area (Å²) in [5, 5.41) is 0.473. The molecule has 0 N–H and O–H groups in total. The molecule has 1 saturated carbocycles. The van der Waals surface area contributed by atoms with E-state index in [0.29, 0.717) is 18.1 Å². The second-order valence-electron chi connectivity index (χ2n) is 9.02. The minimum absolute atomic E-state index is 0.165. The predicted octanol–water partition coefficient (Wildman–Crippen LogP) is 5.89. The van der Waals surface area contributed by atoms with Gasteiger partial charge >= 0.3 is 0 Å². The van der Waals surface area contributed by atoms with Crippen LogP contribution in [0, 0.1) is 0 Å². The van der Waals surface area contributed by atoms with Crippen LogP contribution in [0.3, 0.4) is 0 Å². The third-order valence-electron chi connectivity index (χ3n) is 6.48. The molecule has 4 rings (SSSR count). The van der Waals surface area contributed by atoms with Crippen LogP contribution in [-0.4, -0.2) is 36.1 Å². The van der Waals surface area contributed by atoms with Crippen molar-refractivity contribution >= 4 is 27.5 Å². The van der Waals surface area contributed by atoms with E-state index in [4.69, 9.17) is 11.6 Å². The molecule has 0 unspecified atom stereocenters. The first kappa shape index (κ1) is 25.4. The normalized spacial score (nSPS) is 14.7. The maximum absolute atomic E-state index is 13.7. The van der Waals surface area contributed by atoms with Gasteiger partial charge in [0, 0.05) is 24.2 Å². The van der Waals surface area contributed by atoms with Gasteiger partial charge in [0.2, 0.25) is 15.9 Å². The van der Waals surface area contributed by atoms with Crippen LogP contribution >= 0.6 is 11.6 Å². The summed E-state index contributed by atoms with van der Waals surface area (Å²) in [6.45, 7) is 0.636. The number of sulfonamides is 1. The maximum atomic E-state index is 13.7. The maximum Gasteiger partial charge on any atom is 0.243 e. The smallest absolute Gasteiger partial charge is 0.243 e. The highest BCUT2D eigenvalue weighted by Gasteiger charge is 2.35. The Labute approximate surface area is 213 Å². The highest BCUT2D eigenvalue weighted by Crippen LogP contribution is 2.29. The molecule has 1 aliphatic rings. The van der Waals surface area contributed by atoms with E-state index in [1.807, 2.05) is 60.7 Å². The fourth-order valence-corrected chi connectivity index (χ4v) is 6.36. The first-order chi connectivity index (χ1) is 16.9. The van der Waals surface area contributed by atoms with Crippen LogP contribution < -0.4 is 0 Å². The summed E-state index contributed by atoms with van der Waals surface area (Å²) >= 11 is 6.00. The summed E-state index contributed by atoms with van der Waals surface area (Å²) in [6, 6.07) is 25.6. The molecular weight excluding hydrogens is 480 g/mol. The van der Waals surface area contributed by atoms with Gasteiger partial charge in [-0.3, -0.25) is 4.79 Å². The lowest BCUT2D eigenvalue weighted by Crippen LogP contribution is -2.47. The summed E-state index contributed by atoms with van der Waals surface area (Å²) in [4.78, 5) is 15.6. The van der Waals surface area contributed by atoms with Crippen molar-refractivity contribution in [2.75, 3.05) is 6.54 Å². The zero-order chi connectivity index (χ0) is 24.7. The molecule has 0 saturated heterocycles. The highest BCUT2D eigenvalue weighted by molar-refractivity contribution is 7.89. The van der Waals surface area contributed by atoms with Gasteiger partial charge < -0.3 is 4.90 Å². The van der Waals surface area contributed by atoms with Crippen molar-refractivity contribution in [1.82, 2.24) is 9.21 Å². The number of halogens is 1. The van der Waals surface area contributed by atoms with Crippen LogP contribution in [0.15, 0.2) is 89.8 Å². The number of rotatable bonds is 9. The molecule has 3 aromatic carbocycles. The number of carbonyl (C=O) groups is 1. The van der Waals surface area contributed by atoms with Gasteiger partial charge in [-0.2, -0.15) is 4.31 Å². The summed E-state index contributed by atoms with van der Waals surface area (Å²) < 4.78 is 28.9. The minimum atomic E-state index is -3.86. The Bertz CT molecular complexity index is 1150. The van der Waals surface area contributed by atoms with Gasteiger partial charge in [-0.25, -0.2) is 8.42 Å². The zero-order valence-corrected chi connectivity index (χ0v) is 21.3. The molecule has 0 spiro atoms. The first-order valence-corrected chi connectivity index (χ1v) is 13.9. The Balaban J connectivity index is 1.63. The molecular formula is C28H31ClN2O3S. The third-order valence-corrected chi connectivity index (χ3v) is 8.64. The van der Waals surface area contributed by atoms with E-state index in [9.17, 15) is 13.2 Å². The van der Waals surface area contributed by atoms with Crippen molar-refractivity contribution in [2.24, 2.45) is 0 Å². The Morgan fingerprint density at radius 2 is 1.29 bits per heavy atom. The average molecular weight is 511 g/mol. The molecule has 0 atom stereocenters. The van der Waals surface area contributed by atoms with Crippen LogP contribution in [-0.2, 0) is 27.9 Å². The fraction of sp³-hybridized carbons (Fsp3) is 0.321. The molecule has 0 aliphatic heterocycles. The second-order valence-corrected chi connectivity index (χ2v) is 11.3. The van der Waals surface area contributed by atoms with Crippen LogP contribution in [0.5, 0.6) is 0 Å².